The lowest BCUT2D eigenvalue weighted by molar-refractivity contribution is 0.350. The van der Waals surface area contributed by atoms with Crippen molar-refractivity contribution < 1.29 is 9.09 Å². The zero-order chi connectivity index (χ0) is 13.6. The van der Waals surface area contributed by atoms with E-state index in [4.69, 9.17) is 4.52 Å². The molecule has 1 rings (SSSR count). The Morgan fingerprint density at radius 3 is 2.50 bits per heavy atom. The highest BCUT2D eigenvalue weighted by atomic mass is 32.7. The van der Waals surface area contributed by atoms with E-state index in [1.54, 1.807) is 6.66 Å². The fourth-order valence-electron chi connectivity index (χ4n) is 1.54. The summed E-state index contributed by atoms with van der Waals surface area (Å²) in [5.74, 6) is 0.804. The molecule has 0 radical (unpaired) electrons. The van der Waals surface area contributed by atoms with E-state index in [9.17, 15) is 4.57 Å². The Morgan fingerprint density at radius 2 is 1.94 bits per heavy atom. The highest BCUT2D eigenvalue weighted by Crippen LogP contribution is 2.55. The van der Waals surface area contributed by atoms with E-state index < -0.39 is 6.57 Å². The summed E-state index contributed by atoms with van der Waals surface area (Å²) in [4.78, 5) is 2.17. The van der Waals surface area contributed by atoms with Crippen LogP contribution in [0.4, 0.5) is 5.69 Å². The third kappa shape index (κ3) is 5.47. The van der Waals surface area contributed by atoms with Gasteiger partial charge < -0.3 is 9.42 Å². The smallest absolute Gasteiger partial charge is 0.254 e. The minimum absolute atomic E-state index is 0.509. The standard InChI is InChI=1S/C13H22NO2PS/c1-5-16-17(4,15)18-11-10-14(3)13-8-6-12(2)7-9-13/h6-9H,5,10-11H2,1-4H3. The van der Waals surface area contributed by atoms with Gasteiger partial charge in [-0.2, -0.15) is 0 Å². The molecule has 1 aromatic rings. The maximum Gasteiger partial charge on any atom is 0.254 e. The molecule has 0 aliphatic carbocycles. The summed E-state index contributed by atoms with van der Waals surface area (Å²) in [5, 5.41) is 0. The van der Waals surface area contributed by atoms with Crippen molar-refractivity contribution in [3.63, 3.8) is 0 Å². The molecule has 5 heteroatoms. The van der Waals surface area contributed by atoms with E-state index in [1.165, 1.54) is 22.6 Å². The van der Waals surface area contributed by atoms with Crippen LogP contribution in [-0.2, 0) is 9.09 Å². The second-order valence-electron chi connectivity index (χ2n) is 4.28. The lowest BCUT2D eigenvalue weighted by Crippen LogP contribution is -2.20. The van der Waals surface area contributed by atoms with Crippen molar-refractivity contribution in [3.05, 3.63) is 29.8 Å². The summed E-state index contributed by atoms with van der Waals surface area (Å²) in [6.07, 6.45) is 0. The summed E-state index contributed by atoms with van der Waals surface area (Å²) in [5.41, 5.74) is 2.44. The van der Waals surface area contributed by atoms with Crippen molar-refractivity contribution in [3.8, 4) is 0 Å². The molecule has 0 bridgehead atoms. The number of hydrogen-bond acceptors (Lipinski definition) is 4. The Balaban J connectivity index is 2.40. The van der Waals surface area contributed by atoms with E-state index >= 15 is 0 Å². The van der Waals surface area contributed by atoms with Crippen LogP contribution in [0.3, 0.4) is 0 Å². The van der Waals surface area contributed by atoms with Crippen molar-refractivity contribution in [1.29, 1.82) is 0 Å². The van der Waals surface area contributed by atoms with Gasteiger partial charge in [-0.3, -0.25) is 4.57 Å². The molecule has 0 aliphatic rings. The van der Waals surface area contributed by atoms with Crippen molar-refractivity contribution in [2.24, 2.45) is 0 Å². The Labute approximate surface area is 114 Å². The van der Waals surface area contributed by atoms with Crippen LogP contribution in [0.15, 0.2) is 24.3 Å². The Bertz CT molecular complexity index is 408. The normalized spacial score (nSPS) is 14.2. The van der Waals surface area contributed by atoms with Gasteiger partial charge in [-0.15, -0.1) is 0 Å². The van der Waals surface area contributed by atoms with Gasteiger partial charge in [0.2, 0.25) is 0 Å². The highest BCUT2D eigenvalue weighted by Gasteiger charge is 2.15. The van der Waals surface area contributed by atoms with Gasteiger partial charge in [0, 0.05) is 31.7 Å². The van der Waals surface area contributed by atoms with Crippen LogP contribution in [0.2, 0.25) is 0 Å². The quantitative estimate of drug-likeness (QED) is 0.708. The monoisotopic (exact) mass is 287 g/mol. The minimum Gasteiger partial charge on any atom is -0.374 e. The zero-order valence-electron chi connectivity index (χ0n) is 11.5. The molecule has 0 spiro atoms. The Morgan fingerprint density at radius 1 is 1.33 bits per heavy atom. The molecule has 0 saturated carbocycles. The van der Waals surface area contributed by atoms with Gasteiger partial charge in [-0.25, -0.2) is 0 Å². The molecule has 1 aromatic carbocycles. The van der Waals surface area contributed by atoms with E-state index in [0.717, 1.165) is 12.3 Å². The molecular weight excluding hydrogens is 265 g/mol. The van der Waals surface area contributed by atoms with E-state index in [0.29, 0.717) is 6.61 Å². The molecule has 0 aromatic heterocycles. The average Bonchev–Trinajstić information content (AvgIpc) is 2.29. The summed E-state index contributed by atoms with van der Waals surface area (Å²) in [7, 11) is 2.05. The van der Waals surface area contributed by atoms with E-state index in [-0.39, 0.29) is 0 Å². The molecule has 1 unspecified atom stereocenters. The summed E-state index contributed by atoms with van der Waals surface area (Å²) in [6, 6.07) is 8.41. The fourth-order valence-corrected chi connectivity index (χ4v) is 4.55. The van der Waals surface area contributed by atoms with Crippen LogP contribution >= 0.6 is 18.0 Å². The SMILES string of the molecule is CCOP(C)(=O)SCCN(C)c1ccc(C)cc1. The van der Waals surface area contributed by atoms with Gasteiger partial charge in [0.05, 0.1) is 6.61 Å². The maximum absolute atomic E-state index is 11.9. The van der Waals surface area contributed by atoms with E-state index in [2.05, 4.69) is 36.1 Å². The van der Waals surface area contributed by atoms with Gasteiger partial charge in [-0.1, -0.05) is 29.1 Å². The molecule has 0 aliphatic heterocycles. The Kier molecular flexibility index (Phi) is 6.27. The molecular formula is C13H22NO2PS. The third-order valence-corrected chi connectivity index (χ3v) is 6.42. The van der Waals surface area contributed by atoms with Crippen LogP contribution in [0, 0.1) is 6.92 Å². The summed E-state index contributed by atoms with van der Waals surface area (Å²) < 4.78 is 17.1. The van der Waals surface area contributed by atoms with Crippen molar-refractivity contribution in [1.82, 2.24) is 0 Å². The summed E-state index contributed by atoms with van der Waals surface area (Å²) >= 11 is 1.42. The number of aryl methyl sites for hydroxylation is 1. The second kappa shape index (κ2) is 7.22. The first-order valence-electron chi connectivity index (χ1n) is 6.09. The molecule has 0 heterocycles. The third-order valence-electron chi connectivity index (χ3n) is 2.59. The van der Waals surface area contributed by atoms with Crippen LogP contribution in [0.25, 0.3) is 0 Å². The van der Waals surface area contributed by atoms with Gasteiger partial charge in [0.25, 0.3) is 6.57 Å². The number of rotatable bonds is 7. The van der Waals surface area contributed by atoms with Gasteiger partial charge >= 0.3 is 0 Å². The molecule has 1 atom stereocenters. The van der Waals surface area contributed by atoms with Gasteiger partial charge in [0.1, 0.15) is 0 Å². The topological polar surface area (TPSA) is 29.5 Å². The van der Waals surface area contributed by atoms with Crippen molar-refractivity contribution in [2.45, 2.75) is 13.8 Å². The highest BCUT2D eigenvalue weighted by molar-refractivity contribution is 8.56. The maximum atomic E-state index is 11.9. The molecule has 0 fully saturated rings. The first-order valence-corrected chi connectivity index (χ1v) is 9.75. The van der Waals surface area contributed by atoms with Gasteiger partial charge in [0.15, 0.2) is 0 Å². The van der Waals surface area contributed by atoms with Crippen molar-refractivity contribution in [2.75, 3.05) is 37.5 Å². The molecule has 0 N–H and O–H groups in total. The second-order valence-corrected chi connectivity index (χ2v) is 9.51. The molecule has 18 heavy (non-hydrogen) atoms. The zero-order valence-corrected chi connectivity index (χ0v) is 13.3. The largest absolute Gasteiger partial charge is 0.374 e. The molecule has 3 nitrogen and oxygen atoms in total. The number of hydrogen-bond donors (Lipinski definition) is 0. The Hall–Kier alpha value is -0.440. The number of nitrogens with zero attached hydrogens (tertiary/aromatic N) is 1. The van der Waals surface area contributed by atoms with E-state index in [1.807, 2.05) is 14.0 Å². The minimum atomic E-state index is -2.46. The van der Waals surface area contributed by atoms with Crippen molar-refractivity contribution >= 4 is 23.6 Å². The van der Waals surface area contributed by atoms with Gasteiger partial charge in [-0.05, 0) is 26.0 Å². The van der Waals surface area contributed by atoms with Crippen LogP contribution < -0.4 is 4.90 Å². The average molecular weight is 287 g/mol. The first-order chi connectivity index (χ1) is 8.44. The first kappa shape index (κ1) is 15.6. The van der Waals surface area contributed by atoms with Crippen LogP contribution in [-0.4, -0.2) is 32.6 Å². The number of anilines is 1. The summed E-state index contributed by atoms with van der Waals surface area (Å²) in [6.45, 7) is 4.55. The van der Waals surface area contributed by atoms with Crippen LogP contribution in [0.1, 0.15) is 12.5 Å². The predicted molar refractivity (Wildman–Crippen MR) is 82.1 cm³/mol. The van der Waals surface area contributed by atoms with Crippen LogP contribution in [0.5, 0.6) is 0 Å². The lowest BCUT2D eigenvalue weighted by Gasteiger charge is -2.20. The molecule has 102 valence electrons. The molecule has 0 saturated heterocycles. The lowest BCUT2D eigenvalue weighted by atomic mass is 10.2. The number of benzene rings is 1. The molecule has 0 amide bonds. The fraction of sp³-hybridized carbons (Fsp3) is 0.538. The predicted octanol–water partition coefficient (Wildman–Crippen LogP) is 4.02.